The lowest BCUT2D eigenvalue weighted by molar-refractivity contribution is -0.134. The Bertz CT molecular complexity index is 1490. The van der Waals surface area contributed by atoms with Gasteiger partial charge in [0.2, 0.25) is 5.91 Å². The minimum atomic E-state index is 0.00699. The number of ether oxygens (including phenoxy) is 1. The zero-order chi connectivity index (χ0) is 34.3. The van der Waals surface area contributed by atoms with E-state index >= 15 is 0 Å². The maximum atomic E-state index is 13.5. The molecule has 2 aliphatic heterocycles. The molecule has 48 heavy (non-hydrogen) atoms. The number of nitrogens with zero attached hydrogens (tertiary/aromatic N) is 4. The largest absolute Gasteiger partial charge is 0.508 e. The lowest BCUT2D eigenvalue weighted by Crippen LogP contribution is -2.54. The van der Waals surface area contributed by atoms with Gasteiger partial charge in [0.1, 0.15) is 5.75 Å². The van der Waals surface area contributed by atoms with Crippen LogP contribution in [0.4, 0.5) is 5.69 Å². The zero-order valence-corrected chi connectivity index (χ0v) is 29.6. The van der Waals surface area contributed by atoms with Crippen LogP contribution in [0.25, 0.3) is 0 Å². The fourth-order valence-electron chi connectivity index (χ4n) is 7.32. The lowest BCUT2D eigenvalue weighted by atomic mass is 9.87. The Balaban J connectivity index is 1.23. The Morgan fingerprint density at radius 2 is 1.52 bits per heavy atom. The van der Waals surface area contributed by atoms with Crippen molar-refractivity contribution in [2.45, 2.75) is 77.9 Å². The van der Waals surface area contributed by atoms with Crippen LogP contribution in [0.5, 0.6) is 5.75 Å². The molecule has 2 heterocycles. The molecule has 5 rings (SSSR count). The van der Waals surface area contributed by atoms with Gasteiger partial charge in [-0.3, -0.25) is 9.59 Å². The molecule has 2 fully saturated rings. The van der Waals surface area contributed by atoms with E-state index in [0.717, 1.165) is 68.6 Å². The van der Waals surface area contributed by atoms with Crippen molar-refractivity contribution in [1.29, 1.82) is 0 Å². The van der Waals surface area contributed by atoms with E-state index < -0.39 is 0 Å². The molecule has 8 heteroatoms. The summed E-state index contributed by atoms with van der Waals surface area (Å²) < 4.78 is 5.41. The number of phenols is 1. The summed E-state index contributed by atoms with van der Waals surface area (Å²) in [5.41, 5.74) is 5.86. The molecule has 0 aliphatic carbocycles. The number of benzene rings is 3. The molecule has 2 aliphatic rings. The summed E-state index contributed by atoms with van der Waals surface area (Å²) >= 11 is 0. The first-order valence-corrected chi connectivity index (χ1v) is 17.6. The number of aromatic hydroxyl groups is 1. The smallest absolute Gasteiger partial charge is 0.254 e. The third-order valence-corrected chi connectivity index (χ3v) is 10.7. The van der Waals surface area contributed by atoms with Crippen LogP contribution in [0.3, 0.4) is 0 Å². The van der Waals surface area contributed by atoms with Crippen LogP contribution in [-0.4, -0.2) is 96.2 Å². The number of phenolic OH excluding ortho intramolecular Hbond substituents is 1. The number of carbonyl (C=O) groups is 2. The van der Waals surface area contributed by atoms with Gasteiger partial charge in [0.15, 0.2) is 0 Å². The van der Waals surface area contributed by atoms with E-state index in [1.54, 1.807) is 12.1 Å². The second kappa shape index (κ2) is 16.0. The first-order chi connectivity index (χ1) is 23.1. The fraction of sp³-hybridized carbons (Fsp3) is 0.500. The average Bonchev–Trinajstić information content (AvgIpc) is 3.09. The van der Waals surface area contributed by atoms with Gasteiger partial charge in [-0.2, -0.15) is 0 Å². The molecular formula is C40H54N4O4. The number of carbonyl (C=O) groups excluding carboxylic acids is 2. The van der Waals surface area contributed by atoms with Crippen molar-refractivity contribution in [3.05, 3.63) is 94.5 Å². The molecule has 0 bridgehead atoms. The number of rotatable bonds is 12. The van der Waals surface area contributed by atoms with Crippen molar-refractivity contribution in [3.63, 3.8) is 0 Å². The average molecular weight is 655 g/mol. The van der Waals surface area contributed by atoms with Gasteiger partial charge in [0.05, 0.1) is 19.6 Å². The molecule has 0 saturated carbocycles. The normalized spacial score (nSPS) is 17.0. The second-order valence-corrected chi connectivity index (χ2v) is 14.0. The summed E-state index contributed by atoms with van der Waals surface area (Å²) in [6.07, 6.45) is 4.28. The highest BCUT2D eigenvalue weighted by Gasteiger charge is 2.36. The van der Waals surface area contributed by atoms with Gasteiger partial charge in [-0.1, -0.05) is 49.4 Å². The van der Waals surface area contributed by atoms with Crippen LogP contribution < -0.4 is 4.90 Å². The Kier molecular flexibility index (Phi) is 11.8. The summed E-state index contributed by atoms with van der Waals surface area (Å²) in [5.74, 6) is 0.430. The van der Waals surface area contributed by atoms with Crippen molar-refractivity contribution in [1.82, 2.24) is 14.7 Å². The molecule has 1 unspecified atom stereocenters. The van der Waals surface area contributed by atoms with Crippen LogP contribution in [-0.2, 0) is 22.5 Å². The number of morpholine rings is 1. The molecule has 3 aromatic rings. The van der Waals surface area contributed by atoms with Crippen LogP contribution in [0.2, 0.25) is 0 Å². The molecule has 2 saturated heterocycles. The molecule has 0 aromatic heterocycles. The van der Waals surface area contributed by atoms with Crippen molar-refractivity contribution in [2.24, 2.45) is 0 Å². The van der Waals surface area contributed by atoms with E-state index in [1.165, 1.54) is 11.3 Å². The molecule has 1 N–H and O–H groups in total. The molecule has 1 atom stereocenters. The molecule has 0 radical (unpaired) electrons. The molecule has 8 nitrogen and oxygen atoms in total. The van der Waals surface area contributed by atoms with E-state index in [1.807, 2.05) is 23.6 Å². The van der Waals surface area contributed by atoms with Gasteiger partial charge in [-0.05, 0) is 100 Å². The van der Waals surface area contributed by atoms with E-state index in [2.05, 4.69) is 85.3 Å². The quantitative estimate of drug-likeness (QED) is 0.250. The van der Waals surface area contributed by atoms with E-state index in [-0.39, 0.29) is 23.1 Å². The number of amides is 2. The third-order valence-electron chi connectivity index (χ3n) is 10.7. The topological polar surface area (TPSA) is 76.6 Å². The second-order valence-electron chi connectivity index (χ2n) is 14.0. The SMILES string of the molecule is CCC(CCN(C)C1(C)CCN(C(=O)c2c(C)cc(O)cc2C)CC1)N(Cc1ccccc1)c1ccc(CC(=O)N2CCOCC2)cc1. The summed E-state index contributed by atoms with van der Waals surface area (Å²) in [7, 11) is 2.24. The first kappa shape index (κ1) is 35.4. The number of piperidine rings is 1. The maximum absolute atomic E-state index is 13.5. The Labute approximate surface area is 287 Å². The highest BCUT2D eigenvalue weighted by atomic mass is 16.5. The Morgan fingerprint density at radius 3 is 2.12 bits per heavy atom. The van der Waals surface area contributed by atoms with Crippen molar-refractivity contribution in [2.75, 3.05) is 57.9 Å². The van der Waals surface area contributed by atoms with Crippen molar-refractivity contribution in [3.8, 4) is 5.75 Å². The first-order valence-electron chi connectivity index (χ1n) is 17.6. The monoisotopic (exact) mass is 654 g/mol. The molecule has 3 aromatic carbocycles. The number of likely N-dealkylation sites (tertiary alicyclic amines) is 1. The van der Waals surface area contributed by atoms with Crippen LogP contribution in [0.1, 0.15) is 72.1 Å². The van der Waals surface area contributed by atoms with Gasteiger partial charge in [0.25, 0.3) is 5.91 Å². The molecule has 2 amide bonds. The summed E-state index contributed by atoms with van der Waals surface area (Å²) in [4.78, 5) is 35.3. The highest BCUT2D eigenvalue weighted by Crippen LogP contribution is 2.31. The number of anilines is 1. The highest BCUT2D eigenvalue weighted by molar-refractivity contribution is 5.97. The van der Waals surface area contributed by atoms with Gasteiger partial charge >= 0.3 is 0 Å². The third kappa shape index (κ3) is 8.58. The van der Waals surface area contributed by atoms with Crippen LogP contribution >= 0.6 is 0 Å². The number of aryl methyl sites for hydroxylation is 2. The standard InChI is InChI=1S/C40H54N4O4/c1-6-34(16-19-41(5)40(4)17-20-43(21-18-40)39(47)38-30(2)26-36(45)27-31(38)3)44(29-33-10-8-7-9-11-33)35-14-12-32(13-15-35)28-37(46)42-22-24-48-25-23-42/h7-15,26-27,34,45H,6,16-25,28-29H2,1-5H3. The summed E-state index contributed by atoms with van der Waals surface area (Å²) in [5, 5.41) is 9.95. The molecule has 0 spiro atoms. The minimum absolute atomic E-state index is 0.00699. The number of hydrogen-bond donors (Lipinski definition) is 1. The van der Waals surface area contributed by atoms with Gasteiger partial charge < -0.3 is 29.4 Å². The van der Waals surface area contributed by atoms with Crippen molar-refractivity contribution >= 4 is 17.5 Å². The van der Waals surface area contributed by atoms with Crippen LogP contribution in [0.15, 0.2) is 66.7 Å². The van der Waals surface area contributed by atoms with Gasteiger partial charge in [-0.15, -0.1) is 0 Å². The molecular weight excluding hydrogens is 600 g/mol. The Hall–Kier alpha value is -3.88. The predicted octanol–water partition coefficient (Wildman–Crippen LogP) is 6.21. The predicted molar refractivity (Wildman–Crippen MR) is 193 cm³/mol. The number of hydrogen-bond acceptors (Lipinski definition) is 6. The van der Waals surface area contributed by atoms with E-state index in [0.29, 0.717) is 44.3 Å². The van der Waals surface area contributed by atoms with E-state index in [4.69, 9.17) is 4.74 Å². The van der Waals surface area contributed by atoms with Crippen molar-refractivity contribution < 1.29 is 19.4 Å². The summed E-state index contributed by atoms with van der Waals surface area (Å²) in [6.45, 7) is 14.2. The Morgan fingerprint density at radius 1 is 0.896 bits per heavy atom. The summed E-state index contributed by atoms with van der Waals surface area (Å²) in [6, 6.07) is 22.9. The van der Waals surface area contributed by atoms with Gasteiger partial charge in [-0.25, -0.2) is 0 Å². The van der Waals surface area contributed by atoms with Gasteiger partial charge in [0, 0.05) is 62.1 Å². The lowest BCUT2D eigenvalue weighted by Gasteiger charge is -2.46. The van der Waals surface area contributed by atoms with E-state index in [9.17, 15) is 14.7 Å². The molecule has 258 valence electrons. The zero-order valence-electron chi connectivity index (χ0n) is 29.6. The minimum Gasteiger partial charge on any atom is -0.508 e. The van der Waals surface area contributed by atoms with Crippen LogP contribution in [0, 0.1) is 13.8 Å². The fourth-order valence-corrected chi connectivity index (χ4v) is 7.32. The maximum Gasteiger partial charge on any atom is 0.254 e.